The molecule has 2 aromatic carbocycles. The van der Waals surface area contributed by atoms with Gasteiger partial charge in [0.15, 0.2) is 0 Å². The highest BCUT2D eigenvalue weighted by molar-refractivity contribution is 5.82. The highest BCUT2D eigenvalue weighted by Crippen LogP contribution is 2.44. The first kappa shape index (κ1) is 24.3. The molecule has 0 spiro atoms. The van der Waals surface area contributed by atoms with E-state index in [1.807, 2.05) is 45.0 Å². The van der Waals surface area contributed by atoms with Gasteiger partial charge in [-0.15, -0.1) is 0 Å². The van der Waals surface area contributed by atoms with Crippen LogP contribution in [-0.2, 0) is 14.3 Å². The van der Waals surface area contributed by atoms with Crippen LogP contribution < -0.4 is 5.32 Å². The number of rotatable bonds is 8. The molecule has 2 amide bonds. The summed E-state index contributed by atoms with van der Waals surface area (Å²) in [7, 11) is 0. The molecule has 0 fully saturated rings. The number of alkyl carbamates (subject to hydrolysis) is 1. The minimum atomic E-state index is -1.07. The quantitative estimate of drug-likeness (QED) is 0.624. The number of hydrogen-bond donors (Lipinski definition) is 2. The topological polar surface area (TPSA) is 95.9 Å². The molecule has 0 aromatic heterocycles. The zero-order valence-electron chi connectivity index (χ0n) is 19.6. The van der Waals surface area contributed by atoms with E-state index in [-0.39, 0.29) is 36.8 Å². The molecule has 0 heterocycles. The Bertz CT molecular complexity index is 982. The summed E-state index contributed by atoms with van der Waals surface area (Å²) in [6.07, 6.45) is -0.606. The van der Waals surface area contributed by atoms with Crippen LogP contribution in [0.4, 0.5) is 4.79 Å². The van der Waals surface area contributed by atoms with E-state index >= 15 is 0 Å². The number of carbonyl (C=O) groups is 3. The third-order valence-corrected chi connectivity index (χ3v) is 5.53. The first-order chi connectivity index (χ1) is 15.5. The lowest BCUT2D eigenvalue weighted by atomic mass is 9.95. The molecule has 7 heteroatoms. The minimum absolute atomic E-state index is 0.00639. The number of carboxylic acids is 1. The van der Waals surface area contributed by atoms with Crippen molar-refractivity contribution in [2.24, 2.45) is 5.41 Å². The molecule has 1 aliphatic rings. The smallest absolute Gasteiger partial charge is 0.407 e. The maximum atomic E-state index is 12.7. The summed E-state index contributed by atoms with van der Waals surface area (Å²) in [6.45, 7) is 7.66. The Morgan fingerprint density at radius 3 is 2.09 bits per heavy atom. The van der Waals surface area contributed by atoms with Crippen LogP contribution in [0.25, 0.3) is 11.1 Å². The highest BCUT2D eigenvalue weighted by atomic mass is 16.5. The zero-order valence-corrected chi connectivity index (χ0v) is 19.6. The van der Waals surface area contributed by atoms with Gasteiger partial charge in [-0.2, -0.15) is 0 Å². The van der Waals surface area contributed by atoms with Crippen molar-refractivity contribution in [2.45, 2.75) is 46.1 Å². The molecule has 0 unspecified atom stereocenters. The molecule has 7 nitrogen and oxygen atoms in total. The maximum absolute atomic E-state index is 12.7. The number of carbonyl (C=O) groups excluding carboxylic acids is 2. The Labute approximate surface area is 194 Å². The van der Waals surface area contributed by atoms with Crippen molar-refractivity contribution in [3.8, 4) is 11.1 Å². The summed E-state index contributed by atoms with van der Waals surface area (Å²) in [5.74, 6) is -1.43. The number of nitrogens with one attached hydrogen (secondary N) is 1. The second-order valence-corrected chi connectivity index (χ2v) is 9.78. The first-order valence-corrected chi connectivity index (χ1v) is 11.2. The number of carboxylic acid groups (broad SMARTS) is 1. The molecule has 0 aliphatic heterocycles. The van der Waals surface area contributed by atoms with Gasteiger partial charge in [0.05, 0.1) is 0 Å². The van der Waals surface area contributed by atoms with Gasteiger partial charge in [0, 0.05) is 24.9 Å². The average Bonchev–Trinajstić information content (AvgIpc) is 3.04. The van der Waals surface area contributed by atoms with Crippen LogP contribution in [0.2, 0.25) is 0 Å². The second kappa shape index (κ2) is 10.1. The van der Waals surface area contributed by atoms with Crippen molar-refractivity contribution in [3.63, 3.8) is 0 Å². The number of hydrogen-bond acceptors (Lipinski definition) is 4. The van der Waals surface area contributed by atoms with Gasteiger partial charge in [0.2, 0.25) is 5.91 Å². The maximum Gasteiger partial charge on any atom is 0.407 e. The summed E-state index contributed by atoms with van der Waals surface area (Å²) in [6, 6.07) is 15.7. The molecule has 0 saturated heterocycles. The van der Waals surface area contributed by atoms with Gasteiger partial charge in [-0.05, 0) is 34.6 Å². The minimum Gasteiger partial charge on any atom is -0.480 e. The van der Waals surface area contributed by atoms with E-state index in [4.69, 9.17) is 9.84 Å². The Balaban J connectivity index is 1.56. The molecule has 2 aromatic rings. The fourth-order valence-corrected chi connectivity index (χ4v) is 4.25. The van der Waals surface area contributed by atoms with E-state index in [0.717, 1.165) is 22.3 Å². The molecule has 0 saturated carbocycles. The van der Waals surface area contributed by atoms with E-state index in [1.54, 1.807) is 6.92 Å². The summed E-state index contributed by atoms with van der Waals surface area (Å²) >= 11 is 0. The zero-order chi connectivity index (χ0) is 24.2. The van der Waals surface area contributed by atoms with E-state index < -0.39 is 18.1 Å². The third kappa shape index (κ3) is 6.34. The Hall–Kier alpha value is -3.35. The lowest BCUT2D eigenvalue weighted by Crippen LogP contribution is -2.44. The van der Waals surface area contributed by atoms with Crippen LogP contribution in [0.15, 0.2) is 48.5 Å². The summed E-state index contributed by atoms with van der Waals surface area (Å²) in [4.78, 5) is 37.6. The van der Waals surface area contributed by atoms with E-state index in [1.165, 1.54) is 4.90 Å². The molecule has 33 heavy (non-hydrogen) atoms. The van der Waals surface area contributed by atoms with Crippen LogP contribution >= 0.6 is 0 Å². The molecule has 1 atom stereocenters. The summed E-state index contributed by atoms with van der Waals surface area (Å²) in [5.41, 5.74) is 4.31. The van der Waals surface area contributed by atoms with Gasteiger partial charge in [0.1, 0.15) is 13.2 Å². The summed E-state index contributed by atoms with van der Waals surface area (Å²) in [5, 5.41) is 11.8. The SMILES string of the molecule is C[C@H](CC(=O)N(CC(=O)O)CC(C)(C)C)NC(=O)OCC1c2ccccc2-c2ccccc21. The highest BCUT2D eigenvalue weighted by Gasteiger charge is 2.29. The van der Waals surface area contributed by atoms with E-state index in [0.29, 0.717) is 6.54 Å². The number of fused-ring (bicyclic) bond motifs is 3. The largest absolute Gasteiger partial charge is 0.480 e. The molecule has 176 valence electrons. The van der Waals surface area contributed by atoms with Crippen molar-refractivity contribution in [1.82, 2.24) is 10.2 Å². The third-order valence-electron chi connectivity index (χ3n) is 5.53. The normalized spacial score (nSPS) is 13.6. The number of ether oxygens (including phenoxy) is 1. The fourth-order valence-electron chi connectivity index (χ4n) is 4.25. The molecular formula is C26H32N2O5. The molecular weight excluding hydrogens is 420 g/mol. The molecule has 0 radical (unpaired) electrons. The number of aliphatic carboxylic acids is 1. The van der Waals surface area contributed by atoms with Gasteiger partial charge in [0.25, 0.3) is 0 Å². The predicted octanol–water partition coefficient (Wildman–Crippen LogP) is 4.26. The van der Waals surface area contributed by atoms with Gasteiger partial charge in [-0.3, -0.25) is 9.59 Å². The monoisotopic (exact) mass is 452 g/mol. The van der Waals surface area contributed by atoms with Gasteiger partial charge < -0.3 is 20.1 Å². The van der Waals surface area contributed by atoms with Crippen molar-refractivity contribution in [1.29, 1.82) is 0 Å². The molecule has 0 bridgehead atoms. The van der Waals surface area contributed by atoms with Crippen LogP contribution in [0.3, 0.4) is 0 Å². The molecule has 1 aliphatic carbocycles. The van der Waals surface area contributed by atoms with Gasteiger partial charge in [-0.1, -0.05) is 69.3 Å². The predicted molar refractivity (Wildman–Crippen MR) is 126 cm³/mol. The van der Waals surface area contributed by atoms with Gasteiger partial charge in [-0.25, -0.2) is 4.79 Å². The Morgan fingerprint density at radius 1 is 1.03 bits per heavy atom. The van der Waals surface area contributed by atoms with Crippen molar-refractivity contribution < 1.29 is 24.2 Å². The van der Waals surface area contributed by atoms with Crippen molar-refractivity contribution in [3.05, 3.63) is 59.7 Å². The van der Waals surface area contributed by atoms with Crippen molar-refractivity contribution in [2.75, 3.05) is 19.7 Å². The van der Waals surface area contributed by atoms with E-state index in [2.05, 4.69) is 29.6 Å². The van der Waals surface area contributed by atoms with E-state index in [9.17, 15) is 14.4 Å². The molecule has 3 rings (SSSR count). The van der Waals surface area contributed by atoms with Crippen LogP contribution in [0.1, 0.15) is 51.2 Å². The Kier molecular flexibility index (Phi) is 7.41. The number of nitrogens with zero attached hydrogens (tertiary/aromatic N) is 1. The standard InChI is InChI=1S/C26H32N2O5/c1-17(13-23(29)28(14-24(30)31)16-26(2,3)4)27-25(32)33-15-22-20-11-7-5-9-18(20)19-10-6-8-12-21(19)22/h5-12,17,22H,13-16H2,1-4H3,(H,27,32)(H,30,31)/t17-/m1/s1. The summed E-state index contributed by atoms with van der Waals surface area (Å²) < 4.78 is 5.53. The Morgan fingerprint density at radius 2 is 1.58 bits per heavy atom. The second-order valence-electron chi connectivity index (χ2n) is 9.78. The lowest BCUT2D eigenvalue weighted by Gasteiger charge is -2.29. The number of benzene rings is 2. The fraction of sp³-hybridized carbons (Fsp3) is 0.423. The van der Waals surface area contributed by atoms with Crippen LogP contribution in [-0.4, -0.2) is 53.7 Å². The molecule has 2 N–H and O–H groups in total. The number of amides is 2. The van der Waals surface area contributed by atoms with Crippen LogP contribution in [0.5, 0.6) is 0 Å². The lowest BCUT2D eigenvalue weighted by molar-refractivity contribution is -0.145. The van der Waals surface area contributed by atoms with Crippen LogP contribution in [0, 0.1) is 5.41 Å². The van der Waals surface area contributed by atoms with Crippen molar-refractivity contribution >= 4 is 18.0 Å². The average molecular weight is 453 g/mol. The first-order valence-electron chi connectivity index (χ1n) is 11.2. The van der Waals surface area contributed by atoms with Gasteiger partial charge >= 0.3 is 12.1 Å².